The molecular formula is C37H62F2N4. The summed E-state index contributed by atoms with van der Waals surface area (Å²) in [5.41, 5.74) is 5.59. The third-order valence-corrected chi connectivity index (χ3v) is 6.02. The monoisotopic (exact) mass is 600 g/mol. The first-order chi connectivity index (χ1) is 20.5. The van der Waals surface area contributed by atoms with Crippen molar-refractivity contribution >= 4 is 0 Å². The van der Waals surface area contributed by atoms with E-state index < -0.39 is 0 Å². The Kier molecular flexibility index (Phi) is 23.5. The van der Waals surface area contributed by atoms with Crippen LogP contribution in [0.4, 0.5) is 8.78 Å². The molecule has 3 aliphatic heterocycles. The Morgan fingerprint density at radius 3 is 1.91 bits per heavy atom. The molecule has 0 amide bonds. The van der Waals surface area contributed by atoms with Gasteiger partial charge in [-0.3, -0.25) is 0 Å². The van der Waals surface area contributed by atoms with Crippen molar-refractivity contribution in [3.05, 3.63) is 106 Å². The Morgan fingerprint density at radius 1 is 0.860 bits per heavy atom. The normalized spacial score (nSPS) is 20.7. The lowest BCUT2D eigenvalue weighted by Gasteiger charge is -2.22. The average Bonchev–Trinajstić information content (AvgIpc) is 3.01. The second kappa shape index (κ2) is 24.2. The molecule has 0 spiro atoms. The fourth-order valence-electron chi connectivity index (χ4n) is 3.75. The Labute approximate surface area is 263 Å². The van der Waals surface area contributed by atoms with Crippen molar-refractivity contribution in [2.75, 3.05) is 0 Å². The summed E-state index contributed by atoms with van der Waals surface area (Å²) in [6.07, 6.45) is 20.8. The van der Waals surface area contributed by atoms with E-state index in [1.807, 2.05) is 112 Å². The topological polar surface area (TPSA) is 48.1 Å². The molecule has 0 bridgehead atoms. The standard InChI is InChI=1S/C19H29FN2.C12H15FN2.3C2H6/c1-7-16(9-8-13(2)3)18-11-10-17(12-21-18)15(6)19(20)22-14(4)5;1-8-3-5-10(7-14-8)11-6-4-9(2)15-12(11)13;3*1-2/h8-12,14,18,21-22H,7H2,1-6H3;3-9,14-15H,1-2H3;3*1-2H3/b16-9+,19-15+;;;;. The highest BCUT2D eigenvalue weighted by atomic mass is 19.1. The van der Waals surface area contributed by atoms with Gasteiger partial charge in [0, 0.05) is 47.2 Å². The zero-order valence-electron chi connectivity index (χ0n) is 29.5. The fraction of sp³-hybridized carbons (Fsp3) is 0.514. The second-order valence-corrected chi connectivity index (χ2v) is 10.1. The molecule has 3 rings (SSSR count). The van der Waals surface area contributed by atoms with E-state index in [4.69, 9.17) is 0 Å². The molecule has 4 nitrogen and oxygen atoms in total. The summed E-state index contributed by atoms with van der Waals surface area (Å²) in [6.45, 7) is 27.9. The zero-order chi connectivity index (χ0) is 33.5. The number of hydrogen-bond donors (Lipinski definition) is 4. The largest absolute Gasteiger partial charge is 0.384 e. The molecule has 3 unspecified atom stereocenters. The van der Waals surface area contributed by atoms with Gasteiger partial charge in [-0.15, -0.1) is 0 Å². The lowest BCUT2D eigenvalue weighted by Crippen LogP contribution is -2.27. The summed E-state index contributed by atoms with van der Waals surface area (Å²) in [4.78, 5) is 0. The second-order valence-electron chi connectivity index (χ2n) is 10.1. The lowest BCUT2D eigenvalue weighted by atomic mass is 9.98. The van der Waals surface area contributed by atoms with E-state index in [-0.39, 0.29) is 30.0 Å². The van der Waals surface area contributed by atoms with E-state index in [0.29, 0.717) is 17.2 Å². The summed E-state index contributed by atoms with van der Waals surface area (Å²) in [5, 5.41) is 12.1. The van der Waals surface area contributed by atoms with Crippen molar-refractivity contribution in [3.8, 4) is 0 Å². The highest BCUT2D eigenvalue weighted by molar-refractivity contribution is 5.50. The van der Waals surface area contributed by atoms with Crippen molar-refractivity contribution in [1.82, 2.24) is 21.3 Å². The van der Waals surface area contributed by atoms with Crippen molar-refractivity contribution in [1.29, 1.82) is 0 Å². The predicted octanol–water partition coefficient (Wildman–Crippen LogP) is 10.1. The van der Waals surface area contributed by atoms with E-state index in [1.165, 1.54) is 11.1 Å². The molecule has 0 aromatic carbocycles. The van der Waals surface area contributed by atoms with E-state index >= 15 is 0 Å². The molecule has 0 fully saturated rings. The van der Waals surface area contributed by atoms with Gasteiger partial charge in [-0.05, 0) is 66.0 Å². The van der Waals surface area contributed by atoms with Crippen LogP contribution in [0.25, 0.3) is 0 Å². The Morgan fingerprint density at radius 2 is 1.47 bits per heavy atom. The van der Waals surface area contributed by atoms with Crippen LogP contribution in [0.15, 0.2) is 106 Å². The first-order valence-electron chi connectivity index (χ1n) is 16.1. The summed E-state index contributed by atoms with van der Waals surface area (Å²) >= 11 is 0. The van der Waals surface area contributed by atoms with Gasteiger partial charge in [0.15, 0.2) is 11.9 Å². The third-order valence-electron chi connectivity index (χ3n) is 6.02. The summed E-state index contributed by atoms with van der Waals surface area (Å²) in [6, 6.07) is 0.645. The van der Waals surface area contributed by atoms with Gasteiger partial charge in [0.25, 0.3) is 0 Å². The highest BCUT2D eigenvalue weighted by Crippen LogP contribution is 2.23. The van der Waals surface area contributed by atoms with Crippen LogP contribution < -0.4 is 21.3 Å². The predicted molar refractivity (Wildman–Crippen MR) is 188 cm³/mol. The molecular weight excluding hydrogens is 538 g/mol. The SMILES string of the molecule is CC.CC.CC.CC/C(=C\C=C(C)C)C1C=CC(/C(C)=C(\F)NC(C)C)=CN1.CC1C=CC(C2=C(F)NC(C)C=C2)=CN1. The Balaban J connectivity index is 0. The van der Waals surface area contributed by atoms with Crippen LogP contribution in [0, 0.1) is 0 Å². The van der Waals surface area contributed by atoms with Crippen LogP contribution >= 0.6 is 0 Å². The molecule has 3 heterocycles. The van der Waals surface area contributed by atoms with Crippen molar-refractivity contribution < 1.29 is 8.78 Å². The maximum absolute atomic E-state index is 14.0. The number of nitrogens with one attached hydrogen (secondary N) is 4. The minimum Gasteiger partial charge on any atom is -0.384 e. The Hall–Kier alpha value is -3.28. The van der Waals surface area contributed by atoms with Gasteiger partial charge >= 0.3 is 0 Å². The fourth-order valence-corrected chi connectivity index (χ4v) is 3.75. The van der Waals surface area contributed by atoms with Gasteiger partial charge in [0.2, 0.25) is 0 Å². The van der Waals surface area contributed by atoms with E-state index in [2.05, 4.69) is 60.3 Å². The highest BCUT2D eigenvalue weighted by Gasteiger charge is 2.16. The molecule has 6 heteroatoms. The smallest absolute Gasteiger partial charge is 0.195 e. The molecule has 4 N–H and O–H groups in total. The molecule has 3 aliphatic rings. The molecule has 0 aromatic heterocycles. The summed E-state index contributed by atoms with van der Waals surface area (Å²) < 4.78 is 27.6. The summed E-state index contributed by atoms with van der Waals surface area (Å²) in [7, 11) is 0. The van der Waals surface area contributed by atoms with E-state index in [1.54, 1.807) is 6.92 Å². The number of rotatable bonds is 7. The Bertz CT molecular complexity index is 1080. The zero-order valence-corrected chi connectivity index (χ0v) is 29.5. The number of hydrogen-bond acceptors (Lipinski definition) is 4. The van der Waals surface area contributed by atoms with Gasteiger partial charge in [-0.1, -0.05) is 103 Å². The minimum atomic E-state index is -0.262. The summed E-state index contributed by atoms with van der Waals surface area (Å²) in [5.74, 6) is -0.515. The van der Waals surface area contributed by atoms with Crippen LogP contribution in [0.3, 0.4) is 0 Å². The molecule has 244 valence electrons. The molecule has 0 saturated carbocycles. The number of dihydropyridines is 3. The van der Waals surface area contributed by atoms with Gasteiger partial charge in [0.1, 0.15) is 0 Å². The van der Waals surface area contributed by atoms with Crippen LogP contribution in [0.2, 0.25) is 0 Å². The van der Waals surface area contributed by atoms with Gasteiger partial charge in [0.05, 0.1) is 6.04 Å². The van der Waals surface area contributed by atoms with Gasteiger partial charge in [-0.25, -0.2) is 0 Å². The molecule has 3 atom stereocenters. The third kappa shape index (κ3) is 16.2. The molecule has 0 saturated heterocycles. The van der Waals surface area contributed by atoms with Crippen molar-refractivity contribution in [2.45, 2.75) is 128 Å². The van der Waals surface area contributed by atoms with Crippen LogP contribution in [-0.2, 0) is 0 Å². The van der Waals surface area contributed by atoms with E-state index in [9.17, 15) is 8.78 Å². The van der Waals surface area contributed by atoms with Crippen LogP contribution in [0.1, 0.15) is 103 Å². The lowest BCUT2D eigenvalue weighted by molar-refractivity contribution is 0.496. The van der Waals surface area contributed by atoms with Crippen LogP contribution in [0.5, 0.6) is 0 Å². The van der Waals surface area contributed by atoms with Gasteiger partial charge < -0.3 is 21.3 Å². The molecule has 0 radical (unpaired) electrons. The average molecular weight is 601 g/mol. The number of allylic oxidation sites excluding steroid dienone is 10. The minimum absolute atomic E-state index is 0.0637. The van der Waals surface area contributed by atoms with E-state index in [0.717, 1.165) is 17.6 Å². The first kappa shape index (κ1) is 41.9. The molecule has 43 heavy (non-hydrogen) atoms. The first-order valence-corrected chi connectivity index (χ1v) is 16.1. The van der Waals surface area contributed by atoms with Crippen molar-refractivity contribution in [3.63, 3.8) is 0 Å². The molecule has 0 aromatic rings. The molecule has 0 aliphatic carbocycles. The van der Waals surface area contributed by atoms with Crippen molar-refractivity contribution in [2.24, 2.45) is 0 Å². The van der Waals surface area contributed by atoms with Gasteiger partial charge in [-0.2, -0.15) is 8.78 Å². The number of halogens is 2. The quantitative estimate of drug-likeness (QED) is 0.173. The maximum atomic E-state index is 14.0. The van der Waals surface area contributed by atoms with Crippen LogP contribution in [-0.4, -0.2) is 24.2 Å². The maximum Gasteiger partial charge on any atom is 0.195 e.